The van der Waals surface area contributed by atoms with Crippen LogP contribution < -0.4 is 10.1 Å². The van der Waals surface area contributed by atoms with Crippen molar-refractivity contribution in [2.45, 2.75) is 102 Å². The Balaban J connectivity index is 1.76. The Bertz CT molecular complexity index is 1560. The molecule has 2 fully saturated rings. The highest BCUT2D eigenvalue weighted by Gasteiger charge is 2.54. The van der Waals surface area contributed by atoms with Gasteiger partial charge in [0.1, 0.15) is 47.5 Å². The number of methoxy groups -OCH3 is 3. The number of esters is 1. The third kappa shape index (κ3) is 11.0. The van der Waals surface area contributed by atoms with Crippen LogP contribution in [0.1, 0.15) is 70.4 Å². The highest BCUT2D eigenvalue weighted by Crippen LogP contribution is 2.54. The number of carbonyl (C=O) groups excluding carboxylic acids is 4. The Morgan fingerprint density at radius 1 is 0.870 bits per heavy atom. The molecule has 5 atom stereocenters. The first-order valence-electron chi connectivity index (χ1n) is 19.2. The van der Waals surface area contributed by atoms with Gasteiger partial charge in [0.25, 0.3) is 5.91 Å². The summed E-state index contributed by atoms with van der Waals surface area (Å²) in [5.41, 5.74) is 2.04. The molecule has 1 N–H and O–H groups in total. The van der Waals surface area contributed by atoms with E-state index in [1.807, 2.05) is 54.6 Å². The minimum Gasteiger partial charge on any atom is -0.497 e. The summed E-state index contributed by atoms with van der Waals surface area (Å²) < 4.78 is 28.3. The Labute approximate surface area is 325 Å². The number of benzene rings is 2. The molecule has 0 aliphatic carbocycles. The zero-order valence-electron chi connectivity index (χ0n) is 32.8. The zero-order chi connectivity index (χ0) is 39.1. The summed E-state index contributed by atoms with van der Waals surface area (Å²) in [6.45, 7) is 4.36. The van der Waals surface area contributed by atoms with Gasteiger partial charge in [0, 0.05) is 14.2 Å². The van der Waals surface area contributed by atoms with E-state index in [2.05, 4.69) is 26.1 Å². The number of Topliss-reactive ketones (excluding diaryl/α,β-unsaturated/α-hetero) is 1. The molecule has 2 aromatic carbocycles. The molecule has 0 unspecified atom stereocenters. The summed E-state index contributed by atoms with van der Waals surface area (Å²) in [4.78, 5) is 58.0. The van der Waals surface area contributed by atoms with E-state index in [0.29, 0.717) is 11.2 Å². The van der Waals surface area contributed by atoms with E-state index in [0.717, 1.165) is 68.1 Å². The van der Waals surface area contributed by atoms with Crippen LogP contribution in [0.4, 0.5) is 0 Å². The molecule has 0 radical (unpaired) electrons. The molecule has 11 nitrogen and oxygen atoms in total. The SMILES string of the molecule is CCCCP(CCCC)(CCCC)=C(C(=O)OCc1ccc(OC)cc1)N1C(=O)[C@@H](NC(=O)Cc2ccccc2)[C@H]1SCC(=O)[C@H]1OC[C@H](OC)[C@@H]1OC. The Morgan fingerprint density at radius 3 is 2.06 bits per heavy atom. The number of carbonyl (C=O) groups is 4. The van der Waals surface area contributed by atoms with Gasteiger partial charge in [-0.2, -0.15) is 0 Å². The maximum Gasteiger partial charge on any atom is 0.355 e. The second kappa shape index (κ2) is 21.8. The lowest BCUT2D eigenvalue weighted by Crippen LogP contribution is -2.72. The molecule has 0 aromatic heterocycles. The number of likely N-dealkylation sites (tertiary alicyclic amines) is 1. The van der Waals surface area contributed by atoms with E-state index < -0.39 is 36.5 Å². The first-order chi connectivity index (χ1) is 26.2. The summed E-state index contributed by atoms with van der Waals surface area (Å²) in [5, 5.41) is 2.25. The number of ketones is 1. The molecule has 0 bridgehead atoms. The normalized spacial score (nSPS) is 21.0. The average Bonchev–Trinajstić information content (AvgIpc) is 3.63. The van der Waals surface area contributed by atoms with Crippen LogP contribution in [0.5, 0.6) is 5.75 Å². The van der Waals surface area contributed by atoms with Crippen LogP contribution >= 0.6 is 18.6 Å². The monoisotopic (exact) mass is 786 g/mol. The number of thioether (sulfide) groups is 1. The fraction of sp³-hybridized carbons (Fsp3) is 0.585. The van der Waals surface area contributed by atoms with Gasteiger partial charge in [-0.05, 0) is 61.0 Å². The quantitative estimate of drug-likeness (QED) is 0.0825. The molecule has 2 aliphatic heterocycles. The van der Waals surface area contributed by atoms with Crippen molar-refractivity contribution in [1.29, 1.82) is 0 Å². The molecular formula is C41H59N2O9PS. The lowest BCUT2D eigenvalue weighted by molar-refractivity contribution is -0.146. The molecule has 2 saturated heterocycles. The smallest absolute Gasteiger partial charge is 0.355 e. The number of rotatable bonds is 23. The number of hydrogen-bond donors (Lipinski definition) is 1. The molecule has 0 spiro atoms. The topological polar surface area (TPSA) is 130 Å². The van der Waals surface area contributed by atoms with Crippen LogP contribution in [-0.4, -0.2) is 116 Å². The van der Waals surface area contributed by atoms with E-state index >= 15 is 0 Å². The van der Waals surface area contributed by atoms with Crippen LogP contribution in [0.25, 0.3) is 0 Å². The predicted octanol–water partition coefficient (Wildman–Crippen LogP) is 5.91. The number of nitrogens with one attached hydrogen (secondary N) is 1. The molecule has 0 saturated carbocycles. The van der Waals surface area contributed by atoms with Gasteiger partial charge < -0.3 is 29.0 Å². The molecular weight excluding hydrogens is 727 g/mol. The Kier molecular flexibility index (Phi) is 17.6. The second-order valence-electron chi connectivity index (χ2n) is 13.9. The van der Waals surface area contributed by atoms with Crippen LogP contribution in [0.15, 0.2) is 54.6 Å². The number of nitrogens with zero attached hydrogens (tertiary/aromatic N) is 1. The molecule has 298 valence electrons. The zero-order valence-corrected chi connectivity index (χ0v) is 34.5. The number of amides is 2. The molecule has 13 heteroatoms. The van der Waals surface area contributed by atoms with Gasteiger partial charge in [0.05, 0.1) is 25.9 Å². The van der Waals surface area contributed by atoms with Crippen molar-refractivity contribution in [2.24, 2.45) is 0 Å². The Hall–Kier alpha value is -3.15. The number of β-lactam (4-membered cyclic amide) rings is 1. The van der Waals surface area contributed by atoms with Gasteiger partial charge in [-0.1, -0.05) is 89.4 Å². The highest BCUT2D eigenvalue weighted by molar-refractivity contribution is 8.00. The predicted molar refractivity (Wildman–Crippen MR) is 216 cm³/mol. The standard InChI is InChI=1S/C41H59N2O9PS/c1-7-10-22-53(23-11-8-2,24-12-9-3)39(41(47)52-26-30-18-20-31(48-4)21-19-30)43-38(46)35(42-34(45)25-29-16-14-13-15-17-29)40(43)54-28-32(44)36-37(50-6)33(49-5)27-51-36/h13-21,33,35-37,40H,7-12,22-28H2,1-6H3,(H,42,45)/t33-,35+,36+,37-,40+/m0/s1. The number of ether oxygens (including phenoxy) is 5. The van der Waals surface area contributed by atoms with Gasteiger partial charge in [-0.15, -0.1) is 11.8 Å². The summed E-state index contributed by atoms with van der Waals surface area (Å²) in [6, 6.07) is 15.7. The van der Waals surface area contributed by atoms with Gasteiger partial charge in [-0.25, -0.2) is 4.79 Å². The van der Waals surface area contributed by atoms with E-state index in [1.54, 1.807) is 19.1 Å². The third-order valence-corrected chi connectivity index (χ3v) is 16.3. The van der Waals surface area contributed by atoms with Crippen molar-refractivity contribution in [3.05, 3.63) is 65.7 Å². The number of hydrogen-bond acceptors (Lipinski definition) is 10. The number of unbranched alkanes of at least 4 members (excludes halogenated alkanes) is 3. The van der Waals surface area contributed by atoms with E-state index in [1.165, 1.54) is 18.9 Å². The van der Waals surface area contributed by atoms with Gasteiger partial charge in [0.2, 0.25) is 5.91 Å². The maximum atomic E-state index is 14.7. The summed E-state index contributed by atoms with van der Waals surface area (Å²) >= 11 is 1.24. The van der Waals surface area contributed by atoms with Gasteiger partial charge in [0.15, 0.2) is 5.78 Å². The van der Waals surface area contributed by atoms with Crippen molar-refractivity contribution < 1.29 is 42.9 Å². The maximum absolute atomic E-state index is 14.7. The lowest BCUT2D eigenvalue weighted by atomic mass is 10.1. The largest absolute Gasteiger partial charge is 0.497 e. The molecule has 2 aromatic rings. The molecule has 2 heterocycles. The lowest BCUT2D eigenvalue weighted by Gasteiger charge is -2.49. The minimum atomic E-state index is -2.30. The molecule has 2 aliphatic rings. The van der Waals surface area contributed by atoms with Crippen LogP contribution in [0.2, 0.25) is 0 Å². The van der Waals surface area contributed by atoms with Crippen molar-refractivity contribution in [3.8, 4) is 5.75 Å². The van der Waals surface area contributed by atoms with Crippen LogP contribution in [0, 0.1) is 0 Å². The summed E-state index contributed by atoms with van der Waals surface area (Å²) in [7, 11) is 4.67. The van der Waals surface area contributed by atoms with E-state index in [9.17, 15) is 19.2 Å². The Morgan fingerprint density at radius 2 is 1.50 bits per heavy atom. The fourth-order valence-corrected chi connectivity index (χ4v) is 13.6. The first-order valence-corrected chi connectivity index (χ1v) is 22.6. The minimum absolute atomic E-state index is 0.0231. The van der Waals surface area contributed by atoms with E-state index in [4.69, 9.17) is 23.7 Å². The van der Waals surface area contributed by atoms with Crippen molar-refractivity contribution in [1.82, 2.24) is 10.2 Å². The molecule has 54 heavy (non-hydrogen) atoms. The van der Waals surface area contributed by atoms with Gasteiger partial charge in [-0.3, -0.25) is 19.3 Å². The van der Waals surface area contributed by atoms with Crippen molar-refractivity contribution in [2.75, 3.05) is 52.2 Å². The fourth-order valence-electron chi connectivity index (χ4n) is 7.08. The van der Waals surface area contributed by atoms with Crippen molar-refractivity contribution >= 4 is 47.6 Å². The molecule has 2 amide bonds. The summed E-state index contributed by atoms with van der Waals surface area (Å²) in [6.07, 6.45) is 6.27. The second-order valence-corrected chi connectivity index (χ2v) is 19.1. The highest BCUT2D eigenvalue weighted by atomic mass is 32.2. The van der Waals surface area contributed by atoms with Crippen LogP contribution in [-0.2, 0) is 51.2 Å². The van der Waals surface area contributed by atoms with E-state index in [-0.39, 0.29) is 49.1 Å². The first kappa shape index (κ1) is 43.6. The third-order valence-electron chi connectivity index (χ3n) is 10.2. The molecule has 4 rings (SSSR count). The van der Waals surface area contributed by atoms with Crippen molar-refractivity contribution in [3.63, 3.8) is 0 Å². The summed E-state index contributed by atoms with van der Waals surface area (Å²) in [5.74, 6) is -0.738. The van der Waals surface area contributed by atoms with Gasteiger partial charge >= 0.3 is 5.97 Å². The van der Waals surface area contributed by atoms with Crippen LogP contribution in [0.3, 0.4) is 0 Å². The average molecular weight is 787 g/mol.